The largest absolute Gasteiger partial charge is 0.460 e. The van der Waals surface area contributed by atoms with E-state index in [4.69, 9.17) is 4.74 Å². The number of rotatable bonds is 3. The summed E-state index contributed by atoms with van der Waals surface area (Å²) in [6.45, 7) is 5.57. The summed E-state index contributed by atoms with van der Waals surface area (Å²) < 4.78 is 5.54. The number of esters is 1. The molecule has 0 saturated heterocycles. The van der Waals surface area contributed by atoms with Gasteiger partial charge in [-0.15, -0.1) is 0 Å². The van der Waals surface area contributed by atoms with Gasteiger partial charge < -0.3 is 10.1 Å². The van der Waals surface area contributed by atoms with E-state index in [1.807, 2.05) is 39.0 Å². The fourth-order valence-electron chi connectivity index (χ4n) is 4.25. The van der Waals surface area contributed by atoms with E-state index >= 15 is 0 Å². The van der Waals surface area contributed by atoms with Gasteiger partial charge in [-0.3, -0.25) is 4.79 Å². The van der Waals surface area contributed by atoms with Crippen LogP contribution < -0.4 is 5.32 Å². The van der Waals surface area contributed by atoms with Crippen LogP contribution in [0.2, 0.25) is 0 Å². The van der Waals surface area contributed by atoms with Gasteiger partial charge in [-0.1, -0.05) is 42.5 Å². The number of nitrogens with one attached hydrogen (secondary N) is 1. The van der Waals surface area contributed by atoms with E-state index in [2.05, 4.69) is 29.6 Å². The molecule has 4 heteroatoms. The van der Waals surface area contributed by atoms with E-state index < -0.39 is 0 Å². The lowest BCUT2D eigenvalue weighted by molar-refractivity contribution is -0.143. The van der Waals surface area contributed by atoms with Gasteiger partial charge in [0.1, 0.15) is 0 Å². The van der Waals surface area contributed by atoms with Crippen LogP contribution in [0.3, 0.4) is 0 Å². The van der Waals surface area contributed by atoms with E-state index in [-0.39, 0.29) is 23.8 Å². The van der Waals surface area contributed by atoms with Crippen molar-refractivity contribution in [2.24, 2.45) is 0 Å². The summed E-state index contributed by atoms with van der Waals surface area (Å²) >= 11 is 0. The first kappa shape index (κ1) is 18.5. The molecular weight excluding hydrogens is 350 g/mol. The second-order valence-electron chi connectivity index (χ2n) is 7.83. The number of ketones is 1. The third-order valence-corrected chi connectivity index (χ3v) is 5.45. The molecule has 0 fully saturated rings. The molecule has 0 radical (unpaired) electrons. The van der Waals surface area contributed by atoms with Gasteiger partial charge in [0.15, 0.2) is 5.78 Å². The number of hydrogen-bond donors (Lipinski definition) is 1. The molecule has 2 aliphatic rings. The van der Waals surface area contributed by atoms with E-state index in [0.29, 0.717) is 12.0 Å². The number of carbonyl (C=O) groups is 2. The van der Waals surface area contributed by atoms with Gasteiger partial charge in [0.05, 0.1) is 11.7 Å². The molecule has 1 unspecified atom stereocenters. The lowest BCUT2D eigenvalue weighted by atomic mass is 9.75. The van der Waals surface area contributed by atoms with Gasteiger partial charge in [-0.25, -0.2) is 4.79 Å². The van der Waals surface area contributed by atoms with Gasteiger partial charge in [0.2, 0.25) is 0 Å². The highest BCUT2D eigenvalue weighted by Crippen LogP contribution is 2.43. The Kier molecular flexibility index (Phi) is 4.80. The second-order valence-corrected chi connectivity index (χ2v) is 7.83. The lowest BCUT2D eigenvalue weighted by Crippen LogP contribution is -2.34. The summed E-state index contributed by atoms with van der Waals surface area (Å²) in [6, 6.07) is 14.3. The van der Waals surface area contributed by atoms with Crippen molar-refractivity contribution in [3.8, 4) is 0 Å². The van der Waals surface area contributed by atoms with Crippen molar-refractivity contribution in [2.45, 2.75) is 52.1 Å². The summed E-state index contributed by atoms with van der Waals surface area (Å²) in [5.74, 6) is -0.628. The first-order chi connectivity index (χ1) is 13.5. The van der Waals surface area contributed by atoms with Crippen LogP contribution in [0.5, 0.6) is 0 Å². The van der Waals surface area contributed by atoms with Crippen molar-refractivity contribution in [1.82, 2.24) is 5.32 Å². The summed E-state index contributed by atoms with van der Waals surface area (Å²) in [5.41, 5.74) is 3.95. The molecule has 4 rings (SSSR count). The third-order valence-electron chi connectivity index (χ3n) is 5.45. The Hall–Kier alpha value is -2.88. The minimum Gasteiger partial charge on any atom is -0.460 e. The maximum Gasteiger partial charge on any atom is 0.337 e. The van der Waals surface area contributed by atoms with Crippen molar-refractivity contribution in [3.05, 3.63) is 70.6 Å². The molecule has 0 saturated carbocycles. The number of Topliss-reactive ketones (excluding diaryl/α,β-unsaturated/α-hetero) is 1. The van der Waals surface area contributed by atoms with Crippen LogP contribution in [-0.2, 0) is 14.3 Å². The Morgan fingerprint density at radius 1 is 1.11 bits per heavy atom. The fourth-order valence-corrected chi connectivity index (χ4v) is 4.25. The number of allylic oxidation sites excluding steroid dienone is 3. The van der Waals surface area contributed by atoms with Gasteiger partial charge >= 0.3 is 5.97 Å². The van der Waals surface area contributed by atoms with E-state index in [1.54, 1.807) is 0 Å². The Balaban J connectivity index is 1.89. The number of ether oxygens (including phenoxy) is 1. The highest BCUT2D eigenvalue weighted by molar-refractivity contribution is 6.04. The maximum absolute atomic E-state index is 13.0. The standard InChI is InChI=1S/C24H25NO3/c1-14(2)28-24(27)21-15(3)25-19-9-6-10-20(26)23(19)22(21)18-12-11-16-7-4-5-8-17(16)13-18/h4-5,7-8,11-14,22,25H,6,9-10H2,1-3H3. The molecule has 1 atom stereocenters. The normalized spacial score (nSPS) is 19.7. The van der Waals surface area contributed by atoms with E-state index in [1.165, 1.54) is 0 Å². The lowest BCUT2D eigenvalue weighted by Gasteiger charge is -2.34. The zero-order chi connectivity index (χ0) is 19.8. The molecule has 2 aromatic carbocycles. The molecule has 1 N–H and O–H groups in total. The Labute approximate surface area is 165 Å². The van der Waals surface area contributed by atoms with Crippen molar-refractivity contribution in [3.63, 3.8) is 0 Å². The SMILES string of the molecule is CC1=C(C(=O)OC(C)C)C(c2ccc3ccccc3c2)C2=C(CCCC2=O)N1. The summed E-state index contributed by atoms with van der Waals surface area (Å²) in [5, 5.41) is 5.56. The third kappa shape index (κ3) is 3.24. The van der Waals surface area contributed by atoms with Crippen molar-refractivity contribution in [1.29, 1.82) is 0 Å². The van der Waals surface area contributed by atoms with Crippen molar-refractivity contribution >= 4 is 22.5 Å². The monoisotopic (exact) mass is 375 g/mol. The Morgan fingerprint density at radius 3 is 2.61 bits per heavy atom. The first-order valence-corrected chi connectivity index (χ1v) is 9.89. The molecule has 144 valence electrons. The molecule has 28 heavy (non-hydrogen) atoms. The number of carbonyl (C=O) groups excluding carboxylic acids is 2. The van der Waals surface area contributed by atoms with Crippen molar-refractivity contribution < 1.29 is 14.3 Å². The zero-order valence-corrected chi connectivity index (χ0v) is 16.5. The van der Waals surface area contributed by atoms with Crippen LogP contribution in [0.15, 0.2) is 65.0 Å². The highest BCUT2D eigenvalue weighted by atomic mass is 16.5. The summed E-state index contributed by atoms with van der Waals surface area (Å²) in [7, 11) is 0. The predicted molar refractivity (Wildman–Crippen MR) is 110 cm³/mol. The second kappa shape index (κ2) is 7.27. The molecular formula is C24H25NO3. The number of fused-ring (bicyclic) bond motifs is 1. The van der Waals surface area contributed by atoms with Crippen LogP contribution >= 0.6 is 0 Å². The topological polar surface area (TPSA) is 55.4 Å². The average molecular weight is 375 g/mol. The molecule has 4 nitrogen and oxygen atoms in total. The highest BCUT2D eigenvalue weighted by Gasteiger charge is 2.39. The number of benzene rings is 2. The molecule has 0 spiro atoms. The van der Waals surface area contributed by atoms with Gasteiger partial charge in [-0.2, -0.15) is 0 Å². The van der Waals surface area contributed by atoms with Crippen LogP contribution in [0.25, 0.3) is 10.8 Å². The minimum absolute atomic E-state index is 0.120. The van der Waals surface area contributed by atoms with E-state index in [0.717, 1.165) is 46.1 Å². The van der Waals surface area contributed by atoms with E-state index in [9.17, 15) is 9.59 Å². The zero-order valence-electron chi connectivity index (χ0n) is 16.5. The molecule has 0 bridgehead atoms. The first-order valence-electron chi connectivity index (χ1n) is 9.89. The van der Waals surface area contributed by atoms with Crippen LogP contribution in [0, 0.1) is 0 Å². The minimum atomic E-state index is -0.389. The average Bonchev–Trinajstić information content (AvgIpc) is 2.66. The Morgan fingerprint density at radius 2 is 1.86 bits per heavy atom. The van der Waals surface area contributed by atoms with Crippen LogP contribution in [0.4, 0.5) is 0 Å². The Bertz CT molecular complexity index is 1030. The smallest absolute Gasteiger partial charge is 0.337 e. The quantitative estimate of drug-likeness (QED) is 0.786. The van der Waals surface area contributed by atoms with Crippen LogP contribution in [0.1, 0.15) is 51.5 Å². The summed E-state index contributed by atoms with van der Waals surface area (Å²) in [4.78, 5) is 25.9. The summed E-state index contributed by atoms with van der Waals surface area (Å²) in [6.07, 6.45) is 1.97. The number of dihydropyridines is 1. The van der Waals surface area contributed by atoms with Crippen molar-refractivity contribution in [2.75, 3.05) is 0 Å². The molecule has 0 amide bonds. The molecule has 2 aromatic rings. The molecule has 1 aliphatic heterocycles. The fraction of sp³-hybridized carbons (Fsp3) is 0.333. The molecule has 1 aliphatic carbocycles. The van der Waals surface area contributed by atoms with Gasteiger partial charge in [0, 0.05) is 29.3 Å². The molecule has 1 heterocycles. The van der Waals surface area contributed by atoms with Gasteiger partial charge in [-0.05, 0) is 49.9 Å². The maximum atomic E-state index is 13.0. The number of hydrogen-bond acceptors (Lipinski definition) is 4. The van der Waals surface area contributed by atoms with Gasteiger partial charge in [0.25, 0.3) is 0 Å². The van der Waals surface area contributed by atoms with Crippen LogP contribution in [-0.4, -0.2) is 17.9 Å². The predicted octanol–water partition coefficient (Wildman–Crippen LogP) is 4.76. The molecule has 0 aromatic heterocycles.